The summed E-state index contributed by atoms with van der Waals surface area (Å²) >= 11 is 7.23. The molecular weight excluding hydrogens is 357 g/mol. The summed E-state index contributed by atoms with van der Waals surface area (Å²) in [6, 6.07) is 10.9. The van der Waals surface area contributed by atoms with Crippen molar-refractivity contribution in [1.82, 2.24) is 5.32 Å². The first-order valence-electron chi connectivity index (χ1n) is 8.42. The lowest BCUT2D eigenvalue weighted by molar-refractivity contribution is -0.939. The topological polar surface area (TPSA) is 37.7 Å². The van der Waals surface area contributed by atoms with Crippen molar-refractivity contribution in [1.29, 1.82) is 0 Å². The summed E-state index contributed by atoms with van der Waals surface area (Å²) in [6.07, 6.45) is 0. The van der Waals surface area contributed by atoms with Crippen molar-refractivity contribution in [2.75, 3.05) is 31.6 Å². The quantitative estimate of drug-likeness (QED) is 0.696. The zero-order chi connectivity index (χ0) is 17.6. The van der Waals surface area contributed by atoms with Crippen molar-refractivity contribution in [2.45, 2.75) is 19.0 Å². The number of ether oxygens (including phenoxy) is 1. The van der Waals surface area contributed by atoms with Crippen molar-refractivity contribution in [3.8, 4) is 0 Å². The molecule has 25 heavy (non-hydrogen) atoms. The Bertz CT molecular complexity index is 672. The van der Waals surface area contributed by atoms with E-state index in [2.05, 4.69) is 35.1 Å². The molecule has 3 rings (SSSR count). The second-order valence-corrected chi connectivity index (χ2v) is 7.55. The molecule has 7 heteroatoms. The molecule has 1 aromatic heterocycles. The smallest absolute Gasteiger partial charge is 0.171 e. The molecule has 3 N–H and O–H groups in total. The van der Waals surface area contributed by atoms with Gasteiger partial charge in [-0.3, -0.25) is 0 Å². The number of anilines is 1. The molecule has 1 aromatic carbocycles. The van der Waals surface area contributed by atoms with Gasteiger partial charge in [0.25, 0.3) is 0 Å². The first kappa shape index (κ1) is 18.3. The van der Waals surface area contributed by atoms with Gasteiger partial charge in [-0.15, -0.1) is 11.3 Å². The summed E-state index contributed by atoms with van der Waals surface area (Å²) in [6.45, 7) is 5.73. The van der Waals surface area contributed by atoms with Gasteiger partial charge in [0.2, 0.25) is 0 Å². The van der Waals surface area contributed by atoms with Gasteiger partial charge in [-0.1, -0.05) is 6.07 Å². The number of thiophene rings is 1. The second kappa shape index (κ2) is 8.71. The number of hydrogen-bond donors (Lipinski definition) is 3. The third-order valence-electron chi connectivity index (χ3n) is 4.39. The highest BCUT2D eigenvalue weighted by atomic mass is 32.1. The van der Waals surface area contributed by atoms with Crippen LogP contribution in [0.1, 0.15) is 17.8 Å². The van der Waals surface area contributed by atoms with Gasteiger partial charge >= 0.3 is 0 Å². The van der Waals surface area contributed by atoms with Crippen LogP contribution in [-0.4, -0.2) is 37.5 Å². The van der Waals surface area contributed by atoms with E-state index < -0.39 is 0 Å². The zero-order valence-electron chi connectivity index (χ0n) is 14.1. The molecule has 0 unspecified atom stereocenters. The van der Waals surface area contributed by atoms with E-state index in [1.807, 2.05) is 0 Å². The van der Waals surface area contributed by atoms with Crippen molar-refractivity contribution >= 4 is 34.4 Å². The van der Waals surface area contributed by atoms with Gasteiger partial charge in [-0.2, -0.15) is 0 Å². The molecule has 1 aliphatic heterocycles. The Morgan fingerprint density at radius 1 is 1.24 bits per heavy atom. The summed E-state index contributed by atoms with van der Waals surface area (Å²) in [5, 5.41) is 9.19. The van der Waals surface area contributed by atoms with Gasteiger partial charge < -0.3 is 20.3 Å². The molecule has 0 bridgehead atoms. The predicted molar refractivity (Wildman–Crippen MR) is 104 cm³/mol. The molecule has 2 aromatic rings. The molecule has 0 amide bonds. The van der Waals surface area contributed by atoms with E-state index in [1.165, 1.54) is 21.9 Å². The fourth-order valence-corrected chi connectivity index (χ4v) is 4.50. The van der Waals surface area contributed by atoms with Gasteiger partial charge in [-0.25, -0.2) is 4.39 Å². The van der Waals surface area contributed by atoms with Crippen LogP contribution in [0.3, 0.4) is 0 Å². The largest absolute Gasteiger partial charge is 0.370 e. The lowest BCUT2D eigenvalue weighted by atomic mass is 10.1. The monoisotopic (exact) mass is 380 g/mol. The van der Waals surface area contributed by atoms with Crippen molar-refractivity contribution < 1.29 is 14.0 Å². The molecule has 0 aliphatic carbocycles. The molecule has 0 saturated carbocycles. The third-order valence-corrected chi connectivity index (χ3v) is 5.56. The van der Waals surface area contributed by atoms with Crippen LogP contribution in [0.5, 0.6) is 0 Å². The van der Waals surface area contributed by atoms with Crippen molar-refractivity contribution in [3.05, 3.63) is 52.5 Å². The molecule has 0 radical (unpaired) electrons. The van der Waals surface area contributed by atoms with Crippen LogP contribution in [0.25, 0.3) is 0 Å². The van der Waals surface area contributed by atoms with Crippen LogP contribution in [0.2, 0.25) is 0 Å². The van der Waals surface area contributed by atoms with E-state index in [0.717, 1.165) is 32.0 Å². The Balaban J connectivity index is 1.66. The van der Waals surface area contributed by atoms with Crippen LogP contribution < -0.4 is 15.5 Å². The minimum absolute atomic E-state index is 0.159. The number of benzene rings is 1. The molecule has 1 saturated heterocycles. The maximum absolute atomic E-state index is 13.0. The van der Waals surface area contributed by atoms with Gasteiger partial charge in [0, 0.05) is 5.69 Å². The molecule has 2 atom stereocenters. The first-order valence-corrected chi connectivity index (χ1v) is 9.71. The van der Waals surface area contributed by atoms with Crippen LogP contribution in [0, 0.1) is 5.82 Å². The predicted octanol–water partition coefficient (Wildman–Crippen LogP) is 2.22. The first-order chi connectivity index (χ1) is 12.1. The fourth-order valence-electron chi connectivity index (χ4n) is 3.20. The molecule has 0 spiro atoms. The van der Waals surface area contributed by atoms with Gasteiger partial charge in [-0.05, 0) is 54.9 Å². The summed E-state index contributed by atoms with van der Waals surface area (Å²) < 4.78 is 18.5. The number of quaternary nitrogens is 1. The van der Waals surface area contributed by atoms with E-state index in [1.54, 1.807) is 23.5 Å². The molecule has 2 heterocycles. The van der Waals surface area contributed by atoms with Crippen molar-refractivity contribution in [3.63, 3.8) is 0 Å². The van der Waals surface area contributed by atoms with E-state index in [4.69, 9.17) is 17.0 Å². The van der Waals surface area contributed by atoms with Crippen molar-refractivity contribution in [2.24, 2.45) is 0 Å². The minimum atomic E-state index is -0.258. The standard InChI is InChI=1S/C18H22FN3OS2/c1-13(20-18(24)21-15-6-4-14(19)5-7-15)17(16-3-2-12-25-16)22-8-10-23-11-9-22/h2-7,12-13,17H,8-11H2,1H3,(H2,20,21,24)/p+1/t13-,17+/m0/s1. The fraction of sp³-hybridized carbons (Fsp3) is 0.389. The van der Waals surface area contributed by atoms with Crippen LogP contribution in [-0.2, 0) is 4.74 Å². The maximum atomic E-state index is 13.0. The maximum Gasteiger partial charge on any atom is 0.171 e. The Kier molecular flexibility index (Phi) is 6.36. The molecule has 134 valence electrons. The summed E-state index contributed by atoms with van der Waals surface area (Å²) in [5.41, 5.74) is 0.775. The Morgan fingerprint density at radius 2 is 1.96 bits per heavy atom. The normalized spacial score (nSPS) is 17.7. The SMILES string of the molecule is C[C@H](NC(=S)Nc1ccc(F)cc1)[C@H](c1cccs1)[NH+]1CCOCC1. The highest BCUT2D eigenvalue weighted by molar-refractivity contribution is 7.80. The zero-order valence-corrected chi connectivity index (χ0v) is 15.8. The molecular formula is C18H23FN3OS2+. The molecule has 1 aliphatic rings. The number of rotatable bonds is 5. The lowest BCUT2D eigenvalue weighted by Gasteiger charge is -2.35. The number of nitrogens with one attached hydrogen (secondary N) is 3. The highest BCUT2D eigenvalue weighted by Gasteiger charge is 2.32. The Labute approximate surface area is 157 Å². The number of thiocarbonyl (C=S) groups is 1. The average molecular weight is 381 g/mol. The number of hydrogen-bond acceptors (Lipinski definition) is 3. The van der Waals surface area contributed by atoms with Gasteiger partial charge in [0.1, 0.15) is 24.9 Å². The average Bonchev–Trinajstić information content (AvgIpc) is 3.12. The summed E-state index contributed by atoms with van der Waals surface area (Å²) in [7, 11) is 0. The van der Waals surface area contributed by atoms with Crippen LogP contribution in [0.4, 0.5) is 10.1 Å². The number of morpholine rings is 1. The molecule has 4 nitrogen and oxygen atoms in total. The van der Waals surface area contributed by atoms with Gasteiger partial charge in [0.15, 0.2) is 5.11 Å². The van der Waals surface area contributed by atoms with Gasteiger partial charge in [0.05, 0.1) is 24.1 Å². The van der Waals surface area contributed by atoms with E-state index in [9.17, 15) is 4.39 Å². The number of halogens is 1. The van der Waals surface area contributed by atoms with E-state index in [0.29, 0.717) is 11.2 Å². The minimum Gasteiger partial charge on any atom is -0.370 e. The van der Waals surface area contributed by atoms with E-state index in [-0.39, 0.29) is 11.9 Å². The summed E-state index contributed by atoms with van der Waals surface area (Å²) in [4.78, 5) is 2.86. The Hall–Kier alpha value is -1.54. The Morgan fingerprint density at radius 3 is 2.60 bits per heavy atom. The van der Waals surface area contributed by atoms with E-state index >= 15 is 0 Å². The molecule has 1 fully saturated rings. The van der Waals surface area contributed by atoms with Crippen LogP contribution in [0.15, 0.2) is 41.8 Å². The lowest BCUT2D eigenvalue weighted by Crippen LogP contribution is -3.15. The van der Waals surface area contributed by atoms with Crippen LogP contribution >= 0.6 is 23.6 Å². The highest BCUT2D eigenvalue weighted by Crippen LogP contribution is 2.20. The second-order valence-electron chi connectivity index (χ2n) is 6.16. The summed E-state index contributed by atoms with van der Waals surface area (Å²) in [5.74, 6) is -0.258. The third kappa shape index (κ3) is 4.98.